The van der Waals surface area contributed by atoms with Crippen LogP contribution in [0.3, 0.4) is 0 Å². The highest BCUT2D eigenvalue weighted by atomic mass is 32.2. The number of ether oxygens (including phenoxy) is 2. The summed E-state index contributed by atoms with van der Waals surface area (Å²) in [6.45, 7) is 8.73. The second-order valence-corrected chi connectivity index (χ2v) is 10.3. The minimum atomic E-state index is -4.57. The molecule has 0 bridgehead atoms. The lowest BCUT2D eigenvalue weighted by atomic mass is 9.98. The molecule has 1 heterocycles. The van der Waals surface area contributed by atoms with Crippen molar-refractivity contribution in [2.75, 3.05) is 19.8 Å². The highest BCUT2D eigenvalue weighted by Gasteiger charge is 2.45. The van der Waals surface area contributed by atoms with Crippen LogP contribution in [-0.2, 0) is 26.5 Å². The first kappa shape index (κ1) is 28.8. The van der Waals surface area contributed by atoms with Crippen LogP contribution in [0.15, 0.2) is 47.4 Å². The molecule has 2 N–H and O–H groups in total. The second-order valence-electron chi connectivity index (χ2n) is 8.50. The summed E-state index contributed by atoms with van der Waals surface area (Å²) in [5.41, 5.74) is 5.61. The highest BCUT2D eigenvalue weighted by molar-refractivity contribution is 7.87. The Kier molecular flexibility index (Phi) is 10.3. The van der Waals surface area contributed by atoms with Crippen molar-refractivity contribution in [2.24, 2.45) is 11.7 Å². The monoisotopic (exact) mass is 513 g/mol. The van der Waals surface area contributed by atoms with E-state index in [1.807, 2.05) is 27.7 Å². The van der Waals surface area contributed by atoms with Crippen LogP contribution in [0.1, 0.15) is 52.5 Å². The first-order valence-corrected chi connectivity index (χ1v) is 12.9. The van der Waals surface area contributed by atoms with Gasteiger partial charge in [0.2, 0.25) is 5.91 Å². The maximum atomic E-state index is 13.6. The Morgan fingerprint density at radius 1 is 1.09 bits per heavy atom. The molecule has 1 saturated heterocycles. The Hall–Kier alpha value is -2.39. The molecular weight excluding hydrogens is 479 g/mol. The minimum Gasteiger partial charge on any atom is -0.493 e. The van der Waals surface area contributed by atoms with Gasteiger partial charge in [0, 0.05) is 18.1 Å². The van der Waals surface area contributed by atoms with E-state index in [1.165, 1.54) is 6.07 Å². The van der Waals surface area contributed by atoms with Gasteiger partial charge in [-0.05, 0) is 60.6 Å². The standard InChI is InChI=1S/C24H28F3NO4S.C2H6/c1-16(2)9-12-32-21-8-5-18(15-20(21)24(25,26)27)17-3-6-19(7-4-17)33(30)23(22(28)29)10-13-31-14-11-23;1-2/h3-8,15-16H,9-14H2,1-2H3,(H2,28,29);1-2H3. The van der Waals surface area contributed by atoms with Gasteiger partial charge in [0.1, 0.15) is 10.5 Å². The molecule has 0 aromatic heterocycles. The van der Waals surface area contributed by atoms with E-state index in [2.05, 4.69) is 0 Å². The second kappa shape index (κ2) is 12.5. The maximum absolute atomic E-state index is 13.6. The molecule has 194 valence electrons. The predicted molar refractivity (Wildman–Crippen MR) is 132 cm³/mol. The molecule has 2 aromatic carbocycles. The Balaban J connectivity index is 0.00000210. The average Bonchev–Trinajstić information content (AvgIpc) is 2.84. The maximum Gasteiger partial charge on any atom is 0.419 e. The predicted octanol–water partition coefficient (Wildman–Crippen LogP) is 5.97. The number of halogens is 3. The summed E-state index contributed by atoms with van der Waals surface area (Å²) >= 11 is 0. The van der Waals surface area contributed by atoms with Crippen LogP contribution in [0.4, 0.5) is 13.2 Å². The van der Waals surface area contributed by atoms with E-state index in [0.717, 1.165) is 6.07 Å². The molecule has 2 aromatic rings. The van der Waals surface area contributed by atoms with E-state index in [1.54, 1.807) is 30.3 Å². The summed E-state index contributed by atoms with van der Waals surface area (Å²) in [7, 11) is -1.71. The lowest BCUT2D eigenvalue weighted by Crippen LogP contribution is -2.51. The van der Waals surface area contributed by atoms with Crippen molar-refractivity contribution >= 4 is 16.7 Å². The average molecular weight is 514 g/mol. The van der Waals surface area contributed by atoms with Gasteiger partial charge < -0.3 is 15.2 Å². The van der Waals surface area contributed by atoms with Crippen LogP contribution in [0, 0.1) is 5.92 Å². The fourth-order valence-corrected chi connectivity index (χ4v) is 5.24. The van der Waals surface area contributed by atoms with Gasteiger partial charge in [0.15, 0.2) is 0 Å². The van der Waals surface area contributed by atoms with Gasteiger partial charge in [-0.15, -0.1) is 0 Å². The molecule has 5 nitrogen and oxygen atoms in total. The fraction of sp³-hybridized carbons (Fsp3) is 0.500. The topological polar surface area (TPSA) is 78.6 Å². The van der Waals surface area contributed by atoms with Gasteiger partial charge in [-0.1, -0.05) is 45.9 Å². The zero-order valence-corrected chi connectivity index (χ0v) is 21.4. The van der Waals surface area contributed by atoms with Gasteiger partial charge in [0.25, 0.3) is 0 Å². The summed E-state index contributed by atoms with van der Waals surface area (Å²) < 4.78 is 63.6. The summed E-state index contributed by atoms with van der Waals surface area (Å²) in [5, 5.41) is 0. The zero-order chi connectivity index (χ0) is 26.2. The molecule has 35 heavy (non-hydrogen) atoms. The number of alkyl halides is 3. The molecule has 1 unspecified atom stereocenters. The fourth-order valence-electron chi connectivity index (χ4n) is 3.68. The third-order valence-corrected chi connectivity index (χ3v) is 7.76. The van der Waals surface area contributed by atoms with Crippen molar-refractivity contribution in [3.05, 3.63) is 48.0 Å². The van der Waals surface area contributed by atoms with E-state index in [0.29, 0.717) is 41.6 Å². The Morgan fingerprint density at radius 3 is 2.17 bits per heavy atom. The SMILES string of the molecule is CC.CC(C)CCOc1ccc(-c2ccc(S(=O)C3(C(N)=O)CCOCC3)cc2)cc1C(F)(F)F. The molecule has 9 heteroatoms. The molecule has 3 rings (SSSR count). The third-order valence-electron chi connectivity index (χ3n) is 5.74. The summed E-state index contributed by atoms with van der Waals surface area (Å²) in [5.74, 6) is -0.527. The van der Waals surface area contributed by atoms with Crippen LogP contribution >= 0.6 is 0 Å². The van der Waals surface area contributed by atoms with Crippen molar-refractivity contribution in [1.82, 2.24) is 0 Å². The van der Waals surface area contributed by atoms with E-state index < -0.39 is 33.2 Å². The largest absolute Gasteiger partial charge is 0.493 e. The van der Waals surface area contributed by atoms with Crippen molar-refractivity contribution in [3.8, 4) is 16.9 Å². The van der Waals surface area contributed by atoms with Gasteiger partial charge in [-0.2, -0.15) is 13.2 Å². The normalized spacial score (nSPS) is 16.2. The number of primary amides is 1. The third kappa shape index (κ3) is 7.07. The van der Waals surface area contributed by atoms with Crippen LogP contribution in [0.5, 0.6) is 5.75 Å². The lowest BCUT2D eigenvalue weighted by Gasteiger charge is -2.33. The molecule has 1 aliphatic heterocycles. The molecule has 1 fully saturated rings. The van der Waals surface area contributed by atoms with Crippen LogP contribution in [-0.4, -0.2) is 34.7 Å². The quantitative estimate of drug-likeness (QED) is 0.472. The lowest BCUT2D eigenvalue weighted by molar-refractivity contribution is -0.139. The van der Waals surface area contributed by atoms with E-state index in [9.17, 15) is 22.2 Å². The van der Waals surface area contributed by atoms with Crippen molar-refractivity contribution in [3.63, 3.8) is 0 Å². The summed E-state index contributed by atoms with van der Waals surface area (Å²) in [6.07, 6.45) is -3.41. The van der Waals surface area contributed by atoms with Crippen LogP contribution in [0.25, 0.3) is 11.1 Å². The molecular formula is C26H34F3NO4S. The molecule has 0 radical (unpaired) electrons. The number of rotatable bonds is 8. The molecule has 1 amide bonds. The smallest absolute Gasteiger partial charge is 0.419 e. The van der Waals surface area contributed by atoms with E-state index >= 15 is 0 Å². The number of carbonyl (C=O) groups excluding carboxylic acids is 1. The number of carbonyl (C=O) groups is 1. The van der Waals surface area contributed by atoms with Gasteiger partial charge in [-0.3, -0.25) is 9.00 Å². The summed E-state index contributed by atoms with van der Waals surface area (Å²) in [4.78, 5) is 12.5. The van der Waals surface area contributed by atoms with E-state index in [-0.39, 0.29) is 25.2 Å². The van der Waals surface area contributed by atoms with Crippen LogP contribution in [0.2, 0.25) is 0 Å². The van der Waals surface area contributed by atoms with Crippen molar-refractivity contribution in [2.45, 2.75) is 62.8 Å². The minimum absolute atomic E-state index is 0.201. The molecule has 1 atom stereocenters. The Bertz CT molecular complexity index is 1000. The Labute approximate surface area is 207 Å². The van der Waals surface area contributed by atoms with Gasteiger partial charge in [-0.25, -0.2) is 0 Å². The van der Waals surface area contributed by atoms with Gasteiger partial charge in [0.05, 0.1) is 23.0 Å². The number of benzene rings is 2. The number of amides is 1. The number of hydrogen-bond donors (Lipinski definition) is 1. The summed E-state index contributed by atoms with van der Waals surface area (Å²) in [6, 6.07) is 10.3. The molecule has 0 saturated carbocycles. The van der Waals surface area contributed by atoms with Crippen molar-refractivity contribution in [1.29, 1.82) is 0 Å². The molecule has 1 aliphatic rings. The first-order valence-electron chi connectivity index (χ1n) is 11.8. The molecule has 0 spiro atoms. The highest BCUT2D eigenvalue weighted by Crippen LogP contribution is 2.39. The van der Waals surface area contributed by atoms with Crippen molar-refractivity contribution < 1.29 is 31.6 Å². The first-order chi connectivity index (χ1) is 16.5. The number of hydrogen-bond acceptors (Lipinski definition) is 4. The molecule has 0 aliphatic carbocycles. The van der Waals surface area contributed by atoms with E-state index in [4.69, 9.17) is 15.2 Å². The number of nitrogens with two attached hydrogens (primary N) is 1. The zero-order valence-electron chi connectivity index (χ0n) is 20.6. The Morgan fingerprint density at radius 2 is 1.66 bits per heavy atom. The van der Waals surface area contributed by atoms with Gasteiger partial charge >= 0.3 is 6.18 Å². The van der Waals surface area contributed by atoms with Crippen LogP contribution < -0.4 is 10.5 Å².